The van der Waals surface area contributed by atoms with Gasteiger partial charge >= 0.3 is 6.18 Å². The Balaban J connectivity index is 1.92. The number of sulfonamides is 1. The van der Waals surface area contributed by atoms with E-state index in [1.165, 1.54) is 49.5 Å². The van der Waals surface area contributed by atoms with Crippen LogP contribution < -0.4 is 9.46 Å². The molecule has 0 unspecified atom stereocenters. The number of hydrogen-bond donors (Lipinski definition) is 1. The molecule has 2 aromatic carbocycles. The zero-order valence-corrected chi connectivity index (χ0v) is 17.4. The van der Waals surface area contributed by atoms with Crippen LogP contribution in [0.2, 0.25) is 0 Å². The number of nitrogens with zero attached hydrogens (tertiary/aromatic N) is 1. The van der Waals surface area contributed by atoms with Gasteiger partial charge in [-0.05, 0) is 42.8 Å². The van der Waals surface area contributed by atoms with Crippen molar-refractivity contribution in [2.75, 3.05) is 20.2 Å². The molecule has 0 spiro atoms. The first-order valence-electron chi connectivity index (χ1n) is 9.16. The van der Waals surface area contributed by atoms with Crippen LogP contribution >= 0.6 is 0 Å². The molecule has 0 bridgehead atoms. The van der Waals surface area contributed by atoms with Crippen molar-refractivity contribution >= 4 is 15.9 Å². The predicted molar refractivity (Wildman–Crippen MR) is 105 cm³/mol. The Kier molecular flexibility index (Phi) is 7.85. The molecule has 2 rings (SSSR count). The summed E-state index contributed by atoms with van der Waals surface area (Å²) in [6, 6.07) is 10.8. The molecule has 1 N–H and O–H groups in total. The molecule has 6 nitrogen and oxygen atoms in total. The summed E-state index contributed by atoms with van der Waals surface area (Å²) in [5.41, 5.74) is -0.836. The zero-order chi connectivity index (χ0) is 22.4. The number of amides is 1. The lowest BCUT2D eigenvalue weighted by Crippen LogP contribution is -2.32. The third-order valence-corrected chi connectivity index (χ3v) is 5.71. The molecule has 0 saturated heterocycles. The van der Waals surface area contributed by atoms with Crippen molar-refractivity contribution in [2.45, 2.75) is 31.0 Å². The summed E-state index contributed by atoms with van der Waals surface area (Å²) in [4.78, 5) is 13.4. The van der Waals surface area contributed by atoms with Gasteiger partial charge < -0.3 is 9.64 Å². The molecule has 0 aliphatic heterocycles. The first kappa shape index (κ1) is 23.7. The average molecular weight is 444 g/mol. The number of carbonyl (C=O) groups excluding carboxylic acids is 1. The summed E-state index contributed by atoms with van der Waals surface area (Å²) in [7, 11) is -2.45. The van der Waals surface area contributed by atoms with E-state index in [0.717, 1.165) is 11.0 Å². The van der Waals surface area contributed by atoms with Crippen molar-refractivity contribution in [1.29, 1.82) is 0 Å². The Morgan fingerprint density at radius 1 is 1.10 bits per heavy atom. The maximum absolute atomic E-state index is 13.1. The molecule has 10 heteroatoms. The summed E-state index contributed by atoms with van der Waals surface area (Å²) in [5, 5.41) is 0. The molecule has 0 heterocycles. The molecular formula is C20H23F3N2O4S. The van der Waals surface area contributed by atoms with Crippen LogP contribution in [0.1, 0.15) is 24.5 Å². The summed E-state index contributed by atoms with van der Waals surface area (Å²) >= 11 is 0. The predicted octanol–water partition coefficient (Wildman–Crippen LogP) is 3.43. The van der Waals surface area contributed by atoms with Gasteiger partial charge in [0.15, 0.2) is 0 Å². The molecule has 164 valence electrons. The Hall–Kier alpha value is -2.59. The first-order valence-corrected chi connectivity index (χ1v) is 10.6. The van der Waals surface area contributed by atoms with Gasteiger partial charge in [-0.2, -0.15) is 13.2 Å². The smallest absolute Gasteiger partial charge is 0.416 e. The minimum absolute atomic E-state index is 0.0193. The molecule has 0 radical (unpaired) electrons. The van der Waals surface area contributed by atoms with Gasteiger partial charge in [0.1, 0.15) is 5.75 Å². The lowest BCUT2D eigenvalue weighted by molar-refractivity contribution is -0.139. The fraction of sp³-hybridized carbons (Fsp3) is 0.350. The second kappa shape index (κ2) is 9.94. The molecule has 0 atom stereocenters. The van der Waals surface area contributed by atoms with Gasteiger partial charge in [-0.25, -0.2) is 13.1 Å². The lowest BCUT2D eigenvalue weighted by atomic mass is 10.1. The van der Waals surface area contributed by atoms with Crippen molar-refractivity contribution in [3.63, 3.8) is 0 Å². The monoisotopic (exact) mass is 444 g/mol. The Labute approximate surface area is 173 Å². The minimum Gasteiger partial charge on any atom is -0.494 e. The zero-order valence-electron chi connectivity index (χ0n) is 16.6. The molecule has 0 aliphatic rings. The lowest BCUT2D eigenvalue weighted by Gasteiger charge is -2.20. The number of ether oxygens (including phenoxy) is 1. The molecule has 30 heavy (non-hydrogen) atoms. The van der Waals surface area contributed by atoms with Gasteiger partial charge in [0, 0.05) is 26.6 Å². The first-order chi connectivity index (χ1) is 14.0. The van der Waals surface area contributed by atoms with Crippen molar-refractivity contribution in [1.82, 2.24) is 9.62 Å². The number of hydrogen-bond acceptors (Lipinski definition) is 4. The van der Waals surface area contributed by atoms with E-state index in [-0.39, 0.29) is 30.0 Å². The second-order valence-electron chi connectivity index (χ2n) is 6.46. The van der Waals surface area contributed by atoms with E-state index in [4.69, 9.17) is 4.74 Å². The van der Waals surface area contributed by atoms with Gasteiger partial charge in [0.2, 0.25) is 15.9 Å². The third kappa shape index (κ3) is 6.46. The summed E-state index contributed by atoms with van der Waals surface area (Å²) < 4.78 is 71.4. The van der Waals surface area contributed by atoms with E-state index < -0.39 is 27.7 Å². The van der Waals surface area contributed by atoms with Crippen LogP contribution in [-0.2, 0) is 27.5 Å². The summed E-state index contributed by atoms with van der Waals surface area (Å²) in [6.45, 7) is 1.84. The van der Waals surface area contributed by atoms with Crippen molar-refractivity contribution in [3.8, 4) is 5.75 Å². The van der Waals surface area contributed by atoms with Gasteiger partial charge in [-0.15, -0.1) is 0 Å². The molecule has 0 saturated carbocycles. The van der Waals surface area contributed by atoms with Gasteiger partial charge in [0.25, 0.3) is 0 Å². The largest absolute Gasteiger partial charge is 0.494 e. The molecule has 0 aromatic heterocycles. The van der Waals surface area contributed by atoms with Crippen LogP contribution in [0.15, 0.2) is 53.4 Å². The number of rotatable bonds is 9. The number of alkyl halides is 3. The van der Waals surface area contributed by atoms with Crippen molar-refractivity contribution in [3.05, 3.63) is 59.7 Å². The van der Waals surface area contributed by atoms with Gasteiger partial charge in [-0.3, -0.25) is 4.79 Å². The normalized spacial score (nSPS) is 11.9. The fourth-order valence-electron chi connectivity index (χ4n) is 2.73. The van der Waals surface area contributed by atoms with Crippen LogP contribution in [0, 0.1) is 0 Å². The number of carbonyl (C=O) groups is 1. The van der Waals surface area contributed by atoms with E-state index in [9.17, 15) is 26.4 Å². The van der Waals surface area contributed by atoms with Crippen LogP contribution in [-0.4, -0.2) is 39.4 Å². The van der Waals surface area contributed by atoms with Crippen LogP contribution in [0.25, 0.3) is 0 Å². The van der Waals surface area contributed by atoms with E-state index >= 15 is 0 Å². The van der Waals surface area contributed by atoms with Crippen LogP contribution in [0.4, 0.5) is 13.2 Å². The van der Waals surface area contributed by atoms with E-state index in [2.05, 4.69) is 4.72 Å². The topological polar surface area (TPSA) is 75.7 Å². The molecule has 1 amide bonds. The van der Waals surface area contributed by atoms with Gasteiger partial charge in [0.05, 0.1) is 17.1 Å². The maximum Gasteiger partial charge on any atom is 0.416 e. The molecule has 0 fully saturated rings. The second-order valence-corrected chi connectivity index (χ2v) is 8.22. The standard InChI is InChI=1S/C20H23F3N2O4S/c1-3-29-16-8-10-17(11-9-16)30(27,28)24-13-12-19(26)25(2)14-15-6-4-5-7-18(15)20(21,22)23/h4-11,24H,3,12-14H2,1-2H3. The van der Waals surface area contributed by atoms with Crippen LogP contribution in [0.5, 0.6) is 5.75 Å². The van der Waals surface area contributed by atoms with Crippen LogP contribution in [0.3, 0.4) is 0 Å². The number of benzene rings is 2. The average Bonchev–Trinajstić information content (AvgIpc) is 2.68. The molecular weight excluding hydrogens is 421 g/mol. The van der Waals surface area contributed by atoms with E-state index in [0.29, 0.717) is 12.4 Å². The third-order valence-electron chi connectivity index (χ3n) is 4.23. The highest BCUT2D eigenvalue weighted by Gasteiger charge is 2.33. The summed E-state index contributed by atoms with van der Waals surface area (Å²) in [5.74, 6) is 0.0498. The summed E-state index contributed by atoms with van der Waals surface area (Å²) in [6.07, 6.45) is -4.71. The Bertz CT molecular complexity index is 961. The van der Waals surface area contributed by atoms with E-state index in [1.54, 1.807) is 0 Å². The molecule has 0 aliphatic carbocycles. The quantitative estimate of drug-likeness (QED) is 0.643. The maximum atomic E-state index is 13.1. The molecule has 2 aromatic rings. The SMILES string of the molecule is CCOc1ccc(S(=O)(=O)NCCC(=O)N(C)Cc2ccccc2C(F)(F)F)cc1. The number of nitrogens with one attached hydrogen (secondary N) is 1. The highest BCUT2D eigenvalue weighted by molar-refractivity contribution is 7.89. The minimum atomic E-state index is -4.52. The number of halogens is 3. The van der Waals surface area contributed by atoms with Crippen molar-refractivity contribution < 1.29 is 31.1 Å². The van der Waals surface area contributed by atoms with E-state index in [1.807, 2.05) is 6.92 Å². The highest BCUT2D eigenvalue weighted by Crippen LogP contribution is 2.32. The highest BCUT2D eigenvalue weighted by atomic mass is 32.2. The van der Waals surface area contributed by atoms with Crippen molar-refractivity contribution in [2.24, 2.45) is 0 Å². The van der Waals surface area contributed by atoms with Gasteiger partial charge in [-0.1, -0.05) is 18.2 Å². The Morgan fingerprint density at radius 2 is 1.73 bits per heavy atom. The fourth-order valence-corrected chi connectivity index (χ4v) is 3.76. The Morgan fingerprint density at radius 3 is 2.33 bits per heavy atom.